The Labute approximate surface area is 106 Å². The van der Waals surface area contributed by atoms with E-state index in [1.165, 1.54) is 6.42 Å². The monoisotopic (exact) mass is 240 g/mol. The fourth-order valence-corrected chi connectivity index (χ4v) is 3.47. The summed E-state index contributed by atoms with van der Waals surface area (Å²) in [5.74, 6) is 0.130. The zero-order valence-electron chi connectivity index (χ0n) is 12.0. The summed E-state index contributed by atoms with van der Waals surface area (Å²) in [6.07, 6.45) is 3.42. The number of nitrogens with one attached hydrogen (secondary N) is 2. The molecule has 3 nitrogen and oxygen atoms in total. The third-order valence-corrected chi connectivity index (χ3v) is 3.46. The molecular formula is C14H28N2O. The van der Waals surface area contributed by atoms with Gasteiger partial charge in [0.2, 0.25) is 5.91 Å². The lowest BCUT2D eigenvalue weighted by Gasteiger charge is -2.45. The van der Waals surface area contributed by atoms with E-state index in [1.807, 2.05) is 6.92 Å². The van der Waals surface area contributed by atoms with Crippen LogP contribution in [0.5, 0.6) is 0 Å². The van der Waals surface area contributed by atoms with Crippen molar-refractivity contribution in [3.63, 3.8) is 0 Å². The van der Waals surface area contributed by atoms with Crippen LogP contribution in [0.3, 0.4) is 0 Å². The first-order valence-electron chi connectivity index (χ1n) is 6.74. The highest BCUT2D eigenvalue weighted by atomic mass is 16.1. The van der Waals surface area contributed by atoms with Gasteiger partial charge >= 0.3 is 0 Å². The van der Waals surface area contributed by atoms with Gasteiger partial charge in [-0.2, -0.15) is 0 Å². The Hall–Kier alpha value is -0.570. The molecule has 0 aromatic carbocycles. The first kappa shape index (κ1) is 14.5. The Morgan fingerprint density at radius 1 is 1.18 bits per heavy atom. The number of rotatable bonds is 4. The van der Waals surface area contributed by atoms with E-state index in [1.54, 1.807) is 0 Å². The fourth-order valence-electron chi connectivity index (χ4n) is 3.47. The minimum absolute atomic E-state index is 0.130. The van der Waals surface area contributed by atoms with Crippen LogP contribution in [0, 0.1) is 10.8 Å². The number of carbonyl (C=O) groups excluding carboxylic acids is 1. The van der Waals surface area contributed by atoms with E-state index >= 15 is 0 Å². The lowest BCUT2D eigenvalue weighted by atomic mass is 9.63. The molecule has 1 amide bonds. The summed E-state index contributed by atoms with van der Waals surface area (Å²) in [5, 5.41) is 6.23. The minimum Gasteiger partial charge on any atom is -0.352 e. The summed E-state index contributed by atoms with van der Waals surface area (Å²) in [6, 6.07) is 0.333. The molecule has 100 valence electrons. The molecule has 1 aliphatic rings. The van der Waals surface area contributed by atoms with Crippen LogP contribution in [0.15, 0.2) is 0 Å². The normalized spacial score (nSPS) is 23.4. The van der Waals surface area contributed by atoms with Gasteiger partial charge < -0.3 is 10.6 Å². The standard InChI is InChI=1S/C14H28N2O/c1-6-15-9-12(17)16-11-7-13(2,3)10-14(4,5)8-11/h11,15H,6-10H2,1-5H3,(H,16,17). The topological polar surface area (TPSA) is 41.1 Å². The lowest BCUT2D eigenvalue weighted by Crippen LogP contribution is -2.48. The second kappa shape index (κ2) is 5.38. The van der Waals surface area contributed by atoms with Gasteiger partial charge in [0.1, 0.15) is 0 Å². The third kappa shape index (κ3) is 5.07. The molecule has 0 unspecified atom stereocenters. The fraction of sp³-hybridized carbons (Fsp3) is 0.929. The average molecular weight is 240 g/mol. The maximum atomic E-state index is 11.7. The van der Waals surface area contributed by atoms with Gasteiger partial charge in [-0.15, -0.1) is 0 Å². The van der Waals surface area contributed by atoms with Crippen LogP contribution in [0.4, 0.5) is 0 Å². The summed E-state index contributed by atoms with van der Waals surface area (Å²) in [5.41, 5.74) is 0.662. The molecule has 0 bridgehead atoms. The molecule has 2 N–H and O–H groups in total. The maximum absolute atomic E-state index is 11.7. The van der Waals surface area contributed by atoms with Crippen molar-refractivity contribution in [2.75, 3.05) is 13.1 Å². The molecular weight excluding hydrogens is 212 g/mol. The molecule has 17 heavy (non-hydrogen) atoms. The Morgan fingerprint density at radius 2 is 1.71 bits per heavy atom. The second-order valence-electron chi connectivity index (χ2n) is 6.96. The van der Waals surface area contributed by atoms with E-state index in [-0.39, 0.29) is 5.91 Å². The first-order valence-corrected chi connectivity index (χ1v) is 6.74. The maximum Gasteiger partial charge on any atom is 0.234 e. The second-order valence-corrected chi connectivity index (χ2v) is 6.96. The Morgan fingerprint density at radius 3 is 2.18 bits per heavy atom. The van der Waals surface area contributed by atoms with E-state index in [0.717, 1.165) is 19.4 Å². The SMILES string of the molecule is CCNCC(=O)NC1CC(C)(C)CC(C)(C)C1. The van der Waals surface area contributed by atoms with E-state index in [0.29, 0.717) is 23.4 Å². The van der Waals surface area contributed by atoms with E-state index in [4.69, 9.17) is 0 Å². The molecule has 0 spiro atoms. The zero-order chi connectivity index (χ0) is 13.1. The molecule has 1 fully saturated rings. The summed E-state index contributed by atoms with van der Waals surface area (Å²) < 4.78 is 0. The van der Waals surface area contributed by atoms with Gasteiger partial charge in [0.15, 0.2) is 0 Å². The number of hydrogen-bond donors (Lipinski definition) is 2. The van der Waals surface area contributed by atoms with E-state index < -0.39 is 0 Å². The van der Waals surface area contributed by atoms with Crippen LogP contribution < -0.4 is 10.6 Å². The summed E-state index contributed by atoms with van der Waals surface area (Å²) in [7, 11) is 0. The number of likely N-dealkylation sites (N-methyl/N-ethyl adjacent to an activating group) is 1. The number of amides is 1. The average Bonchev–Trinajstić information content (AvgIpc) is 2.09. The van der Waals surface area contributed by atoms with Crippen LogP contribution in [-0.2, 0) is 4.79 Å². The van der Waals surface area contributed by atoms with E-state index in [9.17, 15) is 4.79 Å². The van der Waals surface area contributed by atoms with Gasteiger partial charge in [0, 0.05) is 6.04 Å². The molecule has 0 atom stereocenters. The molecule has 3 heteroatoms. The number of carbonyl (C=O) groups is 1. The van der Waals surface area contributed by atoms with Gasteiger partial charge in [-0.1, -0.05) is 34.6 Å². The van der Waals surface area contributed by atoms with Crippen LogP contribution in [0.1, 0.15) is 53.9 Å². The summed E-state index contributed by atoms with van der Waals surface area (Å²) in [4.78, 5) is 11.7. The first-order chi connectivity index (χ1) is 7.74. The molecule has 1 rings (SSSR count). The predicted molar refractivity (Wildman–Crippen MR) is 71.9 cm³/mol. The van der Waals surface area contributed by atoms with Crippen molar-refractivity contribution in [1.82, 2.24) is 10.6 Å². The van der Waals surface area contributed by atoms with Crippen LogP contribution in [0.2, 0.25) is 0 Å². The van der Waals surface area contributed by atoms with Crippen molar-refractivity contribution in [1.29, 1.82) is 0 Å². The molecule has 1 saturated carbocycles. The molecule has 0 aromatic rings. The van der Waals surface area contributed by atoms with Gasteiger partial charge in [-0.05, 0) is 36.6 Å². The lowest BCUT2D eigenvalue weighted by molar-refractivity contribution is -0.121. The van der Waals surface area contributed by atoms with Crippen molar-refractivity contribution in [2.24, 2.45) is 10.8 Å². The quantitative estimate of drug-likeness (QED) is 0.792. The van der Waals surface area contributed by atoms with Crippen molar-refractivity contribution in [3.05, 3.63) is 0 Å². The van der Waals surface area contributed by atoms with Crippen molar-refractivity contribution >= 4 is 5.91 Å². The molecule has 0 aliphatic heterocycles. The highest BCUT2D eigenvalue weighted by molar-refractivity contribution is 5.78. The third-order valence-electron chi connectivity index (χ3n) is 3.46. The number of hydrogen-bond acceptors (Lipinski definition) is 2. The minimum atomic E-state index is 0.130. The van der Waals surface area contributed by atoms with Gasteiger partial charge in [-0.25, -0.2) is 0 Å². The van der Waals surface area contributed by atoms with Crippen molar-refractivity contribution in [2.45, 2.75) is 59.9 Å². The Bertz CT molecular complexity index is 255. The molecule has 0 heterocycles. The van der Waals surface area contributed by atoms with Gasteiger partial charge in [0.05, 0.1) is 6.54 Å². The largest absolute Gasteiger partial charge is 0.352 e. The summed E-state index contributed by atoms with van der Waals surface area (Å²) in [6.45, 7) is 12.5. The van der Waals surface area contributed by atoms with Crippen LogP contribution >= 0.6 is 0 Å². The highest BCUT2D eigenvalue weighted by Gasteiger charge is 2.38. The van der Waals surface area contributed by atoms with Crippen molar-refractivity contribution < 1.29 is 4.79 Å². The molecule has 0 radical (unpaired) electrons. The van der Waals surface area contributed by atoms with Gasteiger partial charge in [0.25, 0.3) is 0 Å². The zero-order valence-corrected chi connectivity index (χ0v) is 12.0. The smallest absolute Gasteiger partial charge is 0.234 e. The van der Waals surface area contributed by atoms with Crippen LogP contribution in [0.25, 0.3) is 0 Å². The predicted octanol–water partition coefficient (Wildman–Crippen LogP) is 2.32. The molecule has 0 saturated heterocycles. The Kier molecular flexibility index (Phi) is 4.59. The molecule has 0 aromatic heterocycles. The van der Waals surface area contributed by atoms with Crippen molar-refractivity contribution in [3.8, 4) is 0 Å². The highest BCUT2D eigenvalue weighted by Crippen LogP contribution is 2.45. The van der Waals surface area contributed by atoms with Crippen LogP contribution in [-0.4, -0.2) is 25.0 Å². The van der Waals surface area contributed by atoms with Gasteiger partial charge in [-0.3, -0.25) is 4.79 Å². The summed E-state index contributed by atoms with van der Waals surface area (Å²) >= 11 is 0. The molecule has 1 aliphatic carbocycles. The Balaban J connectivity index is 2.51. The van der Waals surface area contributed by atoms with E-state index in [2.05, 4.69) is 38.3 Å².